The summed E-state index contributed by atoms with van der Waals surface area (Å²) in [5, 5.41) is 9.75. The zero-order valence-corrected chi connectivity index (χ0v) is 15.0. The zero-order valence-electron chi connectivity index (χ0n) is 15.0. The van der Waals surface area contributed by atoms with E-state index in [0.717, 1.165) is 11.3 Å². The largest absolute Gasteiger partial charge is 0.338 e. The van der Waals surface area contributed by atoms with Crippen molar-refractivity contribution in [1.29, 1.82) is 0 Å². The first kappa shape index (κ1) is 18.1. The third-order valence-corrected chi connectivity index (χ3v) is 4.50. The molecule has 1 saturated heterocycles. The summed E-state index contributed by atoms with van der Waals surface area (Å²) in [4.78, 5) is 28.4. The fourth-order valence-corrected chi connectivity index (χ4v) is 3.29. The third-order valence-electron chi connectivity index (χ3n) is 4.50. The number of nitrogens with one attached hydrogen (secondary N) is 2. The van der Waals surface area contributed by atoms with Crippen LogP contribution in [0.25, 0.3) is 0 Å². The number of H-pyrrole nitrogens is 1. The fourth-order valence-electron chi connectivity index (χ4n) is 3.29. The van der Waals surface area contributed by atoms with Crippen molar-refractivity contribution in [3.63, 3.8) is 0 Å². The van der Waals surface area contributed by atoms with Crippen molar-refractivity contribution >= 4 is 17.6 Å². The van der Waals surface area contributed by atoms with Gasteiger partial charge in [0.15, 0.2) is 5.82 Å². The first-order valence-electron chi connectivity index (χ1n) is 8.36. The average Bonchev–Trinajstić information content (AvgIpc) is 3.13. The number of rotatable bonds is 5. The molecule has 2 atom stereocenters. The Labute approximate surface area is 151 Å². The second-order valence-electron chi connectivity index (χ2n) is 6.82. The topological polar surface area (TPSA) is 81.3 Å². The van der Waals surface area contributed by atoms with E-state index in [1.807, 2.05) is 19.0 Å². The molecular formula is C18H22FN5O2. The van der Waals surface area contributed by atoms with E-state index in [1.165, 1.54) is 12.1 Å². The molecule has 2 aromatic rings. The second kappa shape index (κ2) is 7.25. The quantitative estimate of drug-likeness (QED) is 0.853. The molecule has 7 nitrogen and oxygen atoms in total. The summed E-state index contributed by atoms with van der Waals surface area (Å²) in [6.07, 6.45) is 0.110. The van der Waals surface area contributed by atoms with Crippen molar-refractivity contribution in [2.75, 3.05) is 26.5 Å². The highest BCUT2D eigenvalue weighted by Gasteiger charge is 2.42. The third kappa shape index (κ3) is 3.75. The Morgan fingerprint density at radius 2 is 2.08 bits per heavy atom. The van der Waals surface area contributed by atoms with Gasteiger partial charge in [-0.1, -0.05) is 12.1 Å². The van der Waals surface area contributed by atoms with Crippen LogP contribution in [0.3, 0.4) is 0 Å². The van der Waals surface area contributed by atoms with E-state index >= 15 is 0 Å². The summed E-state index contributed by atoms with van der Waals surface area (Å²) in [7, 11) is 5.53. The molecule has 2 heterocycles. The molecular weight excluding hydrogens is 337 g/mol. The van der Waals surface area contributed by atoms with Gasteiger partial charge in [-0.3, -0.25) is 14.7 Å². The van der Waals surface area contributed by atoms with E-state index in [-0.39, 0.29) is 24.1 Å². The molecule has 3 rings (SSSR count). The normalized spacial score (nSPS) is 20.0. The van der Waals surface area contributed by atoms with Crippen molar-refractivity contribution < 1.29 is 14.0 Å². The Balaban J connectivity index is 1.77. The molecule has 138 valence electrons. The maximum atomic E-state index is 13.2. The summed E-state index contributed by atoms with van der Waals surface area (Å²) >= 11 is 0. The summed E-state index contributed by atoms with van der Waals surface area (Å²) < 4.78 is 13.2. The molecule has 2 unspecified atom stereocenters. The molecule has 0 bridgehead atoms. The molecule has 0 radical (unpaired) electrons. The maximum absolute atomic E-state index is 13.2. The van der Waals surface area contributed by atoms with E-state index in [9.17, 15) is 14.0 Å². The van der Waals surface area contributed by atoms with Crippen LogP contribution in [0.1, 0.15) is 23.7 Å². The number of carbonyl (C=O) groups excluding carboxylic acids is 2. The number of anilines is 1. The Bertz CT molecular complexity index is 802. The van der Waals surface area contributed by atoms with Crippen LogP contribution < -0.4 is 5.32 Å². The highest BCUT2D eigenvalue weighted by molar-refractivity contribution is 5.97. The molecule has 1 aromatic carbocycles. The number of amides is 2. The molecule has 0 spiro atoms. The number of benzene rings is 1. The molecule has 8 heteroatoms. The Hall–Kier alpha value is -2.74. The van der Waals surface area contributed by atoms with Gasteiger partial charge in [0.2, 0.25) is 11.8 Å². The van der Waals surface area contributed by atoms with Crippen LogP contribution in [0, 0.1) is 11.7 Å². The van der Waals surface area contributed by atoms with Gasteiger partial charge in [-0.05, 0) is 31.8 Å². The van der Waals surface area contributed by atoms with Gasteiger partial charge >= 0.3 is 0 Å². The SMILES string of the molecule is CN(C)Cc1cc(NC(=O)C2CC(=O)N(C)C2c2ccc(F)cc2)n[nH]1. The van der Waals surface area contributed by atoms with Crippen molar-refractivity contribution in [3.05, 3.63) is 47.4 Å². The van der Waals surface area contributed by atoms with Crippen LogP contribution in [-0.4, -0.2) is 53.0 Å². The number of aromatic amines is 1. The number of hydrogen-bond donors (Lipinski definition) is 2. The molecule has 2 N–H and O–H groups in total. The van der Waals surface area contributed by atoms with Gasteiger partial charge in [0, 0.05) is 26.1 Å². The average molecular weight is 359 g/mol. The van der Waals surface area contributed by atoms with E-state index in [4.69, 9.17) is 0 Å². The van der Waals surface area contributed by atoms with Crippen LogP contribution in [0.4, 0.5) is 10.2 Å². The molecule has 1 fully saturated rings. The highest BCUT2D eigenvalue weighted by Crippen LogP contribution is 2.37. The minimum atomic E-state index is -0.563. The number of hydrogen-bond acceptors (Lipinski definition) is 4. The van der Waals surface area contributed by atoms with Gasteiger partial charge in [0.05, 0.1) is 17.7 Å². The van der Waals surface area contributed by atoms with Crippen LogP contribution in [0.2, 0.25) is 0 Å². The lowest BCUT2D eigenvalue weighted by Crippen LogP contribution is -2.30. The number of carbonyl (C=O) groups is 2. The van der Waals surface area contributed by atoms with Crippen LogP contribution in [0.5, 0.6) is 0 Å². The molecule has 0 aliphatic carbocycles. The maximum Gasteiger partial charge on any atom is 0.231 e. The minimum absolute atomic E-state index is 0.110. The Kier molecular flexibility index (Phi) is 5.03. The number of halogens is 1. The van der Waals surface area contributed by atoms with Gasteiger partial charge in [0.25, 0.3) is 0 Å². The van der Waals surface area contributed by atoms with Gasteiger partial charge in [-0.2, -0.15) is 5.10 Å². The number of likely N-dealkylation sites (tertiary alicyclic amines) is 1. The summed E-state index contributed by atoms with van der Waals surface area (Å²) in [6, 6.07) is 7.23. The van der Waals surface area contributed by atoms with Crippen LogP contribution >= 0.6 is 0 Å². The monoisotopic (exact) mass is 359 g/mol. The van der Waals surface area contributed by atoms with Gasteiger partial charge in [0.1, 0.15) is 5.82 Å². The number of aromatic nitrogens is 2. The van der Waals surface area contributed by atoms with Gasteiger partial charge in [-0.25, -0.2) is 4.39 Å². The zero-order chi connectivity index (χ0) is 18.8. The van der Waals surface area contributed by atoms with E-state index in [0.29, 0.717) is 12.4 Å². The van der Waals surface area contributed by atoms with Gasteiger partial charge < -0.3 is 15.1 Å². The Morgan fingerprint density at radius 3 is 2.73 bits per heavy atom. The first-order chi connectivity index (χ1) is 12.3. The van der Waals surface area contributed by atoms with Crippen LogP contribution in [-0.2, 0) is 16.1 Å². The number of nitrogens with zero attached hydrogens (tertiary/aromatic N) is 3. The van der Waals surface area contributed by atoms with Crippen molar-refractivity contribution in [3.8, 4) is 0 Å². The summed E-state index contributed by atoms with van der Waals surface area (Å²) in [6.45, 7) is 0.672. The smallest absolute Gasteiger partial charge is 0.231 e. The summed E-state index contributed by atoms with van der Waals surface area (Å²) in [5.41, 5.74) is 1.61. The summed E-state index contributed by atoms with van der Waals surface area (Å²) in [5.74, 6) is -0.889. The predicted molar refractivity (Wildman–Crippen MR) is 94.6 cm³/mol. The van der Waals surface area contributed by atoms with E-state index in [2.05, 4.69) is 15.5 Å². The lowest BCUT2D eigenvalue weighted by molar-refractivity contribution is -0.127. The predicted octanol–water partition coefficient (Wildman–Crippen LogP) is 1.77. The Morgan fingerprint density at radius 1 is 1.38 bits per heavy atom. The molecule has 0 saturated carbocycles. The lowest BCUT2D eigenvalue weighted by Gasteiger charge is -2.24. The second-order valence-corrected chi connectivity index (χ2v) is 6.82. The van der Waals surface area contributed by atoms with Crippen LogP contribution in [0.15, 0.2) is 30.3 Å². The molecule has 1 aromatic heterocycles. The van der Waals surface area contributed by atoms with E-state index < -0.39 is 12.0 Å². The van der Waals surface area contributed by atoms with E-state index in [1.54, 1.807) is 30.1 Å². The molecule has 1 aliphatic heterocycles. The lowest BCUT2D eigenvalue weighted by atomic mass is 9.93. The standard InChI is InChI=1S/C18H22FN5O2/c1-23(2)10-13-8-15(22-21-13)20-18(26)14-9-16(25)24(3)17(14)11-4-6-12(19)7-5-11/h4-8,14,17H,9-10H2,1-3H3,(H2,20,21,22,26). The fraction of sp³-hybridized carbons (Fsp3) is 0.389. The van der Waals surface area contributed by atoms with Crippen molar-refractivity contribution in [2.24, 2.45) is 5.92 Å². The first-order valence-corrected chi connectivity index (χ1v) is 8.36. The highest BCUT2D eigenvalue weighted by atomic mass is 19.1. The molecule has 26 heavy (non-hydrogen) atoms. The van der Waals surface area contributed by atoms with Crippen molar-refractivity contribution in [1.82, 2.24) is 20.0 Å². The van der Waals surface area contributed by atoms with Crippen molar-refractivity contribution in [2.45, 2.75) is 19.0 Å². The van der Waals surface area contributed by atoms with Gasteiger partial charge in [-0.15, -0.1) is 0 Å². The molecule has 1 aliphatic rings. The molecule has 2 amide bonds. The minimum Gasteiger partial charge on any atom is -0.338 e.